The summed E-state index contributed by atoms with van der Waals surface area (Å²) in [6.45, 7) is 9.85. The first kappa shape index (κ1) is 33.0. The lowest BCUT2D eigenvalue weighted by Gasteiger charge is -2.51. The number of nitrogen functional groups attached to an aromatic ring is 1. The predicted octanol–water partition coefficient (Wildman–Crippen LogP) is 4.07. The maximum Gasteiger partial charge on any atom is 0.410 e. The molecular formula is C36H48ClN7O4. The number of carbonyl (C=O) groups excluding carboxylic acids is 3. The molecule has 0 aliphatic carbocycles. The molecule has 11 nitrogen and oxygen atoms in total. The van der Waals surface area contributed by atoms with E-state index >= 15 is 0 Å². The molecule has 0 aromatic heterocycles. The van der Waals surface area contributed by atoms with Gasteiger partial charge in [0.15, 0.2) is 6.10 Å². The van der Waals surface area contributed by atoms with Crippen LogP contribution in [0.3, 0.4) is 0 Å². The van der Waals surface area contributed by atoms with Crippen LogP contribution in [0.15, 0.2) is 36.4 Å². The van der Waals surface area contributed by atoms with Crippen LogP contribution in [0.1, 0.15) is 42.4 Å². The number of benzene rings is 2. The molecule has 3 N–H and O–H groups in total. The van der Waals surface area contributed by atoms with E-state index in [0.29, 0.717) is 62.3 Å². The first-order chi connectivity index (χ1) is 23.2. The molecule has 48 heavy (non-hydrogen) atoms. The number of anilines is 2. The minimum absolute atomic E-state index is 0.0214. The van der Waals surface area contributed by atoms with Gasteiger partial charge in [-0.2, -0.15) is 0 Å². The molecule has 258 valence electrons. The Hall–Kier alpha value is -3.54. The Balaban J connectivity index is 0.986. The number of piperidine rings is 4. The van der Waals surface area contributed by atoms with Gasteiger partial charge in [0.25, 0.3) is 5.91 Å². The van der Waals surface area contributed by atoms with E-state index in [0.717, 1.165) is 54.4 Å². The topological polar surface area (TPSA) is 115 Å². The second kappa shape index (κ2) is 14.1. The van der Waals surface area contributed by atoms with Crippen molar-refractivity contribution in [1.82, 2.24) is 24.5 Å². The number of ether oxygens (including phenoxy) is 1. The molecule has 0 radical (unpaired) electrons. The van der Waals surface area contributed by atoms with Crippen LogP contribution in [0.4, 0.5) is 21.0 Å². The third-order valence-corrected chi connectivity index (χ3v) is 11.7. The second-order valence-electron chi connectivity index (χ2n) is 14.2. The Kier molecular flexibility index (Phi) is 9.71. The highest BCUT2D eigenvalue weighted by molar-refractivity contribution is 6.33. The van der Waals surface area contributed by atoms with Crippen LogP contribution in [-0.4, -0.2) is 126 Å². The summed E-state index contributed by atoms with van der Waals surface area (Å²) in [5, 5.41) is 3.48. The number of hydrogen-bond donors (Lipinski definition) is 2. The number of urea groups is 1. The summed E-state index contributed by atoms with van der Waals surface area (Å²) in [6, 6.07) is 12.1. The SMILES string of the molecule is Cc1cc(C[C@@H](OC(=O)N2CCC(N3CCc4ccccc4NC3=O)CC2)C(=O)N2CCN(C3CN4CCC3CC4)CC2)cc(Cl)c1N. The van der Waals surface area contributed by atoms with Crippen LogP contribution in [0, 0.1) is 12.8 Å². The van der Waals surface area contributed by atoms with Crippen molar-refractivity contribution in [3.05, 3.63) is 58.1 Å². The van der Waals surface area contributed by atoms with Crippen LogP contribution in [0.2, 0.25) is 5.02 Å². The van der Waals surface area contributed by atoms with Crippen LogP contribution in [0.5, 0.6) is 0 Å². The number of carbonyl (C=O) groups is 3. The van der Waals surface area contributed by atoms with Gasteiger partial charge >= 0.3 is 12.1 Å². The largest absolute Gasteiger partial charge is 0.436 e. The van der Waals surface area contributed by atoms with E-state index in [-0.39, 0.29) is 24.4 Å². The van der Waals surface area contributed by atoms with Crippen molar-refractivity contribution >= 4 is 41.0 Å². The molecule has 0 saturated carbocycles. The lowest BCUT2D eigenvalue weighted by Crippen LogP contribution is -2.62. The van der Waals surface area contributed by atoms with Gasteiger partial charge in [-0.15, -0.1) is 0 Å². The smallest absolute Gasteiger partial charge is 0.410 e. The number of aryl methyl sites for hydroxylation is 1. The number of amides is 4. The number of nitrogens with two attached hydrogens (primary N) is 1. The van der Waals surface area contributed by atoms with Gasteiger partial charge in [0.1, 0.15) is 0 Å². The zero-order valence-electron chi connectivity index (χ0n) is 27.9. The highest BCUT2D eigenvalue weighted by Crippen LogP contribution is 2.32. The molecule has 4 amide bonds. The molecule has 5 saturated heterocycles. The van der Waals surface area contributed by atoms with E-state index < -0.39 is 12.2 Å². The number of rotatable bonds is 6. The van der Waals surface area contributed by atoms with Gasteiger partial charge < -0.3 is 35.4 Å². The van der Waals surface area contributed by atoms with Gasteiger partial charge in [0, 0.05) is 76.5 Å². The van der Waals surface area contributed by atoms with E-state index in [2.05, 4.69) is 15.1 Å². The zero-order chi connectivity index (χ0) is 33.4. The minimum atomic E-state index is -0.979. The van der Waals surface area contributed by atoms with Gasteiger partial charge in [0.2, 0.25) is 0 Å². The van der Waals surface area contributed by atoms with Gasteiger partial charge in [-0.25, -0.2) is 9.59 Å². The average molecular weight is 678 g/mol. The number of nitrogens with zero attached hydrogens (tertiary/aromatic N) is 5. The fourth-order valence-electron chi connectivity index (χ4n) is 8.46. The molecule has 6 aliphatic rings. The van der Waals surface area contributed by atoms with Crippen molar-refractivity contribution < 1.29 is 19.1 Å². The summed E-state index contributed by atoms with van der Waals surface area (Å²) in [5.74, 6) is 0.580. The monoisotopic (exact) mass is 677 g/mol. The summed E-state index contributed by atoms with van der Waals surface area (Å²) in [4.78, 5) is 51.4. The Bertz CT molecular complexity index is 1490. The second-order valence-corrected chi connectivity index (χ2v) is 14.6. The predicted molar refractivity (Wildman–Crippen MR) is 186 cm³/mol. The average Bonchev–Trinajstić information content (AvgIpc) is 3.28. The normalized spacial score (nSPS) is 25.7. The zero-order valence-corrected chi connectivity index (χ0v) is 28.7. The molecule has 2 atom stereocenters. The number of para-hydroxylation sites is 1. The van der Waals surface area contributed by atoms with E-state index in [9.17, 15) is 14.4 Å². The van der Waals surface area contributed by atoms with Crippen molar-refractivity contribution in [2.75, 3.05) is 76.5 Å². The Morgan fingerprint density at radius 2 is 1.69 bits per heavy atom. The van der Waals surface area contributed by atoms with E-state index in [4.69, 9.17) is 22.1 Å². The van der Waals surface area contributed by atoms with Gasteiger partial charge in [0.05, 0.1) is 10.7 Å². The van der Waals surface area contributed by atoms with E-state index in [1.54, 1.807) is 11.0 Å². The van der Waals surface area contributed by atoms with Crippen molar-refractivity contribution in [3.63, 3.8) is 0 Å². The van der Waals surface area contributed by atoms with Crippen LogP contribution in [-0.2, 0) is 22.4 Å². The summed E-state index contributed by atoms with van der Waals surface area (Å²) in [6.07, 6.45) is 3.35. The molecule has 1 unspecified atom stereocenters. The highest BCUT2D eigenvalue weighted by atomic mass is 35.5. The summed E-state index contributed by atoms with van der Waals surface area (Å²) >= 11 is 6.42. The molecule has 8 rings (SSSR count). The lowest BCUT2D eigenvalue weighted by atomic mass is 9.83. The third-order valence-electron chi connectivity index (χ3n) is 11.4. The van der Waals surface area contributed by atoms with Crippen molar-refractivity contribution in [2.24, 2.45) is 5.92 Å². The quantitative estimate of drug-likeness (QED) is 0.443. The number of fused-ring (bicyclic) bond motifs is 4. The molecule has 5 fully saturated rings. The minimum Gasteiger partial charge on any atom is -0.436 e. The first-order valence-electron chi connectivity index (χ1n) is 17.6. The Morgan fingerprint density at radius 1 is 0.958 bits per heavy atom. The molecule has 0 spiro atoms. The number of piperazine rings is 1. The number of hydrogen-bond acceptors (Lipinski definition) is 7. The van der Waals surface area contributed by atoms with Gasteiger partial charge in [-0.3, -0.25) is 9.69 Å². The maximum absolute atomic E-state index is 14.1. The molecule has 12 heteroatoms. The van der Waals surface area contributed by atoms with Crippen LogP contribution >= 0.6 is 11.6 Å². The number of nitrogens with one attached hydrogen (secondary N) is 1. The van der Waals surface area contributed by atoms with Crippen LogP contribution < -0.4 is 11.1 Å². The first-order valence-corrected chi connectivity index (χ1v) is 18.0. The summed E-state index contributed by atoms with van der Waals surface area (Å²) < 4.78 is 6.07. The third kappa shape index (κ3) is 6.95. The molecule has 2 bridgehead atoms. The molecule has 6 heterocycles. The fourth-order valence-corrected chi connectivity index (χ4v) is 8.75. The molecule has 6 aliphatic heterocycles. The van der Waals surface area contributed by atoms with E-state index in [1.165, 1.54) is 25.9 Å². The lowest BCUT2D eigenvalue weighted by molar-refractivity contribution is -0.143. The molecule has 2 aromatic rings. The van der Waals surface area contributed by atoms with Crippen molar-refractivity contribution in [2.45, 2.75) is 63.6 Å². The highest BCUT2D eigenvalue weighted by Gasteiger charge is 2.40. The molecule has 2 aromatic carbocycles. The van der Waals surface area contributed by atoms with Gasteiger partial charge in [-0.05, 0) is 86.9 Å². The number of halogens is 1. The Labute approximate surface area is 288 Å². The summed E-state index contributed by atoms with van der Waals surface area (Å²) in [7, 11) is 0. The van der Waals surface area contributed by atoms with Crippen LogP contribution in [0.25, 0.3) is 0 Å². The fraction of sp³-hybridized carbons (Fsp3) is 0.583. The molecular weight excluding hydrogens is 630 g/mol. The van der Waals surface area contributed by atoms with Crippen molar-refractivity contribution in [1.29, 1.82) is 0 Å². The number of likely N-dealkylation sites (tertiary alicyclic amines) is 1. The standard InChI is InChI=1S/C36H48ClN7O4/c1-24-20-25(21-29(37)33(24)38)22-32(34(45)42-18-16-41(17-19-42)31-23-40-11-6-27(31)7-12-40)48-36(47)43-13-9-28(10-14-43)44-15-8-26-4-2-3-5-30(26)39-35(44)46/h2-5,20-21,27-28,31-32H,6-19,22-23,38H2,1H3,(H,39,46)/t31?,32-/m1/s1. The Morgan fingerprint density at radius 3 is 2.38 bits per heavy atom. The van der Waals surface area contributed by atoms with E-state index in [1.807, 2.05) is 47.1 Å². The van der Waals surface area contributed by atoms with Gasteiger partial charge in [-0.1, -0.05) is 35.9 Å². The maximum atomic E-state index is 14.1. The summed E-state index contributed by atoms with van der Waals surface area (Å²) in [5.41, 5.74) is 10.2. The van der Waals surface area contributed by atoms with Crippen molar-refractivity contribution in [3.8, 4) is 0 Å².